The van der Waals surface area contributed by atoms with Gasteiger partial charge in [-0.05, 0) is 5.92 Å². The Morgan fingerprint density at radius 1 is 1.25 bits per heavy atom. The van der Waals surface area contributed by atoms with Gasteiger partial charge in [0.25, 0.3) is 0 Å². The smallest absolute Gasteiger partial charge is 0.163 e. The fraction of sp³-hybridized carbons (Fsp3) is 0.333. The molecular weight excluding hydrogens is 182 g/mol. The molecular formula is C9H11ClF2. The van der Waals surface area contributed by atoms with Crippen molar-refractivity contribution in [3.63, 3.8) is 0 Å². The van der Waals surface area contributed by atoms with Gasteiger partial charge >= 0.3 is 0 Å². The zero-order valence-corrected chi connectivity index (χ0v) is 7.88. The Bertz CT molecular complexity index is 239. The monoisotopic (exact) mass is 192 g/mol. The lowest BCUT2D eigenvalue weighted by atomic mass is 10.0. The van der Waals surface area contributed by atoms with Crippen molar-refractivity contribution < 1.29 is 8.78 Å². The van der Waals surface area contributed by atoms with Gasteiger partial charge in [-0.2, -0.15) is 0 Å². The van der Waals surface area contributed by atoms with Gasteiger partial charge in [-0.15, -0.1) is 0 Å². The van der Waals surface area contributed by atoms with Gasteiger partial charge in [0.15, 0.2) is 11.7 Å². The summed E-state index contributed by atoms with van der Waals surface area (Å²) in [5, 5.41) is 0.0151. The lowest BCUT2D eigenvalue weighted by Gasteiger charge is -2.09. The lowest BCUT2D eigenvalue weighted by molar-refractivity contribution is 0.530. The second-order valence-electron chi connectivity index (χ2n) is 2.69. The first-order valence-corrected chi connectivity index (χ1v) is 3.85. The molecule has 0 saturated carbocycles. The van der Waals surface area contributed by atoms with Crippen molar-refractivity contribution >= 4 is 11.6 Å². The SMILES string of the molecule is C=C(F)/C(F)=C(\C(=C)Cl)C(C)C. The Morgan fingerprint density at radius 3 is 1.75 bits per heavy atom. The molecule has 68 valence electrons. The Labute approximate surface area is 76.2 Å². The predicted octanol–water partition coefficient (Wildman–Crippen LogP) is 4.10. The normalized spacial score (nSPS) is 12.8. The molecule has 0 nitrogen and oxygen atoms in total. The van der Waals surface area contributed by atoms with Crippen LogP contribution in [0.2, 0.25) is 0 Å². The Kier molecular flexibility index (Phi) is 4.18. The van der Waals surface area contributed by atoms with Crippen molar-refractivity contribution in [3.05, 3.63) is 35.4 Å². The molecule has 0 aliphatic carbocycles. The fourth-order valence-electron chi connectivity index (χ4n) is 0.832. The molecule has 0 amide bonds. The molecule has 0 unspecified atom stereocenters. The van der Waals surface area contributed by atoms with Gasteiger partial charge in [0, 0.05) is 10.6 Å². The molecule has 0 radical (unpaired) electrons. The van der Waals surface area contributed by atoms with E-state index in [-0.39, 0.29) is 16.5 Å². The van der Waals surface area contributed by atoms with Crippen molar-refractivity contribution in [2.45, 2.75) is 13.8 Å². The maximum absolute atomic E-state index is 13.0. The minimum Gasteiger partial charge on any atom is -0.204 e. The molecule has 0 fully saturated rings. The molecule has 3 heteroatoms. The molecule has 0 rings (SSSR count). The molecule has 0 heterocycles. The van der Waals surface area contributed by atoms with Gasteiger partial charge < -0.3 is 0 Å². The summed E-state index contributed by atoms with van der Waals surface area (Å²) in [6.45, 7) is 9.58. The molecule has 0 aromatic heterocycles. The molecule has 0 aromatic carbocycles. The maximum Gasteiger partial charge on any atom is 0.163 e. The summed E-state index contributed by atoms with van der Waals surface area (Å²) in [6, 6.07) is 0. The number of halogens is 3. The quantitative estimate of drug-likeness (QED) is 0.591. The van der Waals surface area contributed by atoms with Gasteiger partial charge in [0.2, 0.25) is 0 Å². The Hall–Kier alpha value is -0.630. The first-order chi connectivity index (χ1) is 5.37. The third-order valence-electron chi connectivity index (χ3n) is 1.34. The van der Waals surface area contributed by atoms with E-state index in [4.69, 9.17) is 11.6 Å². The summed E-state index contributed by atoms with van der Waals surface area (Å²) in [4.78, 5) is 0. The van der Waals surface area contributed by atoms with Crippen LogP contribution in [0.5, 0.6) is 0 Å². The summed E-state index contributed by atoms with van der Waals surface area (Å²) in [5.41, 5.74) is 0.0733. The minimum absolute atomic E-state index is 0.0151. The van der Waals surface area contributed by atoms with E-state index < -0.39 is 11.7 Å². The van der Waals surface area contributed by atoms with Crippen LogP contribution >= 0.6 is 11.6 Å². The molecule has 12 heavy (non-hydrogen) atoms. The van der Waals surface area contributed by atoms with E-state index in [1.807, 2.05) is 0 Å². The highest BCUT2D eigenvalue weighted by Gasteiger charge is 2.15. The van der Waals surface area contributed by atoms with Crippen molar-refractivity contribution in [2.24, 2.45) is 5.92 Å². The second-order valence-corrected chi connectivity index (χ2v) is 3.15. The lowest BCUT2D eigenvalue weighted by Crippen LogP contribution is -1.97. The molecule has 0 spiro atoms. The summed E-state index contributed by atoms with van der Waals surface area (Å²) in [5.74, 6) is -2.33. The third kappa shape index (κ3) is 2.78. The van der Waals surface area contributed by atoms with Gasteiger partial charge in [0.1, 0.15) is 0 Å². The first-order valence-electron chi connectivity index (χ1n) is 3.47. The van der Waals surface area contributed by atoms with Crippen LogP contribution < -0.4 is 0 Å². The van der Waals surface area contributed by atoms with Crippen LogP contribution in [-0.2, 0) is 0 Å². The zero-order chi connectivity index (χ0) is 9.89. The van der Waals surface area contributed by atoms with E-state index in [2.05, 4.69) is 13.2 Å². The number of hydrogen-bond donors (Lipinski definition) is 0. The van der Waals surface area contributed by atoms with E-state index in [1.165, 1.54) is 0 Å². The average molecular weight is 193 g/mol. The summed E-state index contributed by atoms with van der Waals surface area (Å²) < 4.78 is 25.3. The molecule has 0 aromatic rings. The zero-order valence-electron chi connectivity index (χ0n) is 7.13. The Morgan fingerprint density at radius 2 is 1.67 bits per heavy atom. The van der Waals surface area contributed by atoms with E-state index >= 15 is 0 Å². The third-order valence-corrected chi connectivity index (χ3v) is 1.55. The summed E-state index contributed by atoms with van der Waals surface area (Å²) >= 11 is 5.48. The highest BCUT2D eigenvalue weighted by atomic mass is 35.5. The van der Waals surface area contributed by atoms with Crippen molar-refractivity contribution in [1.29, 1.82) is 0 Å². The average Bonchev–Trinajstić information content (AvgIpc) is 1.85. The van der Waals surface area contributed by atoms with Crippen molar-refractivity contribution in [2.75, 3.05) is 0 Å². The highest BCUT2D eigenvalue weighted by molar-refractivity contribution is 6.31. The van der Waals surface area contributed by atoms with Gasteiger partial charge in [0.05, 0.1) is 0 Å². The van der Waals surface area contributed by atoms with E-state index in [9.17, 15) is 8.78 Å². The Balaban J connectivity index is 5.08. The van der Waals surface area contributed by atoms with Gasteiger partial charge in [-0.1, -0.05) is 38.6 Å². The van der Waals surface area contributed by atoms with Crippen LogP contribution in [0.4, 0.5) is 8.78 Å². The largest absolute Gasteiger partial charge is 0.204 e. The summed E-state index contributed by atoms with van der Waals surface area (Å²) in [7, 11) is 0. The van der Waals surface area contributed by atoms with Crippen LogP contribution in [0.3, 0.4) is 0 Å². The van der Waals surface area contributed by atoms with Crippen molar-refractivity contribution in [1.82, 2.24) is 0 Å². The van der Waals surface area contributed by atoms with Crippen LogP contribution in [0.25, 0.3) is 0 Å². The van der Waals surface area contributed by atoms with Crippen LogP contribution in [0, 0.1) is 5.92 Å². The van der Waals surface area contributed by atoms with Crippen molar-refractivity contribution in [3.8, 4) is 0 Å². The topological polar surface area (TPSA) is 0 Å². The highest BCUT2D eigenvalue weighted by Crippen LogP contribution is 2.29. The number of rotatable bonds is 3. The minimum atomic E-state index is -1.11. The van der Waals surface area contributed by atoms with Crippen LogP contribution in [0.15, 0.2) is 35.4 Å². The fourth-order valence-corrected chi connectivity index (χ4v) is 1.13. The van der Waals surface area contributed by atoms with E-state index in [0.717, 1.165) is 0 Å². The molecule has 0 aliphatic heterocycles. The van der Waals surface area contributed by atoms with E-state index in [1.54, 1.807) is 13.8 Å². The first kappa shape index (κ1) is 11.4. The molecule has 0 N–H and O–H groups in total. The van der Waals surface area contributed by atoms with Crippen LogP contribution in [0.1, 0.15) is 13.8 Å². The predicted molar refractivity (Wildman–Crippen MR) is 48.2 cm³/mol. The number of hydrogen-bond acceptors (Lipinski definition) is 0. The second kappa shape index (κ2) is 4.41. The van der Waals surface area contributed by atoms with E-state index in [0.29, 0.717) is 0 Å². The molecule has 0 atom stereocenters. The summed E-state index contributed by atoms with van der Waals surface area (Å²) in [6.07, 6.45) is 0. The maximum atomic E-state index is 13.0. The molecule has 0 saturated heterocycles. The van der Waals surface area contributed by atoms with Gasteiger partial charge in [-0.25, -0.2) is 8.78 Å². The van der Waals surface area contributed by atoms with Gasteiger partial charge in [-0.3, -0.25) is 0 Å². The molecule has 0 aliphatic rings. The molecule has 0 bridgehead atoms. The standard InChI is InChI=1S/C9H11ClF2/c1-5(2)8(6(3)10)9(12)7(4)11/h5H,3-4H2,1-2H3/b9-8+. The number of allylic oxidation sites excluding steroid dienone is 4. The van der Waals surface area contributed by atoms with Crippen LogP contribution in [-0.4, -0.2) is 0 Å².